The van der Waals surface area contributed by atoms with Crippen molar-refractivity contribution in [2.45, 2.75) is 64.1 Å². The van der Waals surface area contributed by atoms with Gasteiger partial charge < -0.3 is 10.2 Å². The minimum Gasteiger partial charge on any atom is -0.349 e. The summed E-state index contributed by atoms with van der Waals surface area (Å²) >= 11 is 0. The molecule has 7 nitrogen and oxygen atoms in total. The van der Waals surface area contributed by atoms with Crippen LogP contribution in [0.3, 0.4) is 0 Å². The van der Waals surface area contributed by atoms with Crippen molar-refractivity contribution < 1.29 is 19.2 Å². The van der Waals surface area contributed by atoms with Gasteiger partial charge >= 0.3 is 0 Å². The molecule has 0 spiro atoms. The topological polar surface area (TPSA) is 95.6 Å². The molecule has 2 heterocycles. The first kappa shape index (κ1) is 18.7. The number of nitrogens with one attached hydrogen (secondary N) is 2. The third kappa shape index (κ3) is 3.41. The number of rotatable bonds is 4. The SMILES string of the molecule is C[C@H](NC(=O)c1ccc2c(c1)CN(C1CCC(=O)NC1=O)C2=O)C1CCCC1. The molecule has 1 aromatic carbocycles. The van der Waals surface area contributed by atoms with E-state index in [-0.39, 0.29) is 36.7 Å². The molecule has 4 amide bonds. The van der Waals surface area contributed by atoms with Crippen molar-refractivity contribution in [2.24, 2.45) is 5.92 Å². The number of nitrogens with zero attached hydrogens (tertiary/aromatic N) is 1. The van der Waals surface area contributed by atoms with Gasteiger partial charge in [-0.05, 0) is 55.9 Å². The molecule has 0 aromatic heterocycles. The van der Waals surface area contributed by atoms with Crippen molar-refractivity contribution in [2.75, 3.05) is 0 Å². The number of piperidine rings is 1. The maximum Gasteiger partial charge on any atom is 0.255 e. The van der Waals surface area contributed by atoms with Crippen LogP contribution in [0.15, 0.2) is 18.2 Å². The first-order valence-electron chi connectivity index (χ1n) is 10.0. The Labute approximate surface area is 163 Å². The molecular formula is C21H25N3O4. The van der Waals surface area contributed by atoms with Crippen LogP contribution in [0.2, 0.25) is 0 Å². The molecule has 0 radical (unpaired) electrons. The first-order chi connectivity index (χ1) is 13.4. The number of benzene rings is 1. The van der Waals surface area contributed by atoms with Crippen molar-refractivity contribution >= 4 is 23.6 Å². The van der Waals surface area contributed by atoms with E-state index < -0.39 is 11.9 Å². The number of fused-ring (bicyclic) bond motifs is 1. The Morgan fingerprint density at radius 1 is 1.18 bits per heavy atom. The average molecular weight is 383 g/mol. The molecule has 28 heavy (non-hydrogen) atoms. The van der Waals surface area contributed by atoms with Gasteiger partial charge in [0.15, 0.2) is 0 Å². The zero-order valence-electron chi connectivity index (χ0n) is 16.0. The van der Waals surface area contributed by atoms with Gasteiger partial charge in [0.1, 0.15) is 6.04 Å². The molecule has 1 aromatic rings. The van der Waals surface area contributed by atoms with Gasteiger partial charge in [0.05, 0.1) is 0 Å². The lowest BCUT2D eigenvalue weighted by Gasteiger charge is -2.29. The lowest BCUT2D eigenvalue weighted by Crippen LogP contribution is -2.52. The summed E-state index contributed by atoms with van der Waals surface area (Å²) in [5.74, 6) is -0.561. The summed E-state index contributed by atoms with van der Waals surface area (Å²) in [6.45, 7) is 2.33. The van der Waals surface area contributed by atoms with E-state index in [4.69, 9.17) is 0 Å². The maximum atomic E-state index is 12.7. The Bertz CT molecular complexity index is 844. The molecule has 1 saturated heterocycles. The largest absolute Gasteiger partial charge is 0.349 e. The van der Waals surface area contributed by atoms with Gasteiger partial charge in [-0.15, -0.1) is 0 Å². The van der Waals surface area contributed by atoms with Gasteiger partial charge in [-0.25, -0.2) is 0 Å². The lowest BCUT2D eigenvalue weighted by atomic mass is 9.99. The molecule has 3 aliphatic rings. The van der Waals surface area contributed by atoms with Crippen molar-refractivity contribution in [3.05, 3.63) is 34.9 Å². The molecular weight excluding hydrogens is 358 g/mol. The van der Waals surface area contributed by atoms with Crippen molar-refractivity contribution in [1.82, 2.24) is 15.5 Å². The fourth-order valence-electron chi connectivity index (χ4n) is 4.58. The zero-order valence-corrected chi connectivity index (χ0v) is 16.0. The number of hydrogen-bond acceptors (Lipinski definition) is 4. The highest BCUT2D eigenvalue weighted by atomic mass is 16.2. The summed E-state index contributed by atoms with van der Waals surface area (Å²) < 4.78 is 0. The molecule has 2 N–H and O–H groups in total. The second kappa shape index (κ2) is 7.37. The number of imide groups is 1. The zero-order chi connectivity index (χ0) is 19.8. The number of carbonyl (C=O) groups excluding carboxylic acids is 4. The Hall–Kier alpha value is -2.70. The molecule has 2 aliphatic heterocycles. The second-order valence-corrected chi connectivity index (χ2v) is 8.08. The van der Waals surface area contributed by atoms with Crippen LogP contribution in [0.4, 0.5) is 0 Å². The summed E-state index contributed by atoms with van der Waals surface area (Å²) in [5.41, 5.74) is 1.79. The first-order valence-corrected chi connectivity index (χ1v) is 10.0. The van der Waals surface area contributed by atoms with Crippen LogP contribution in [-0.2, 0) is 16.1 Å². The number of amides is 4. The van der Waals surface area contributed by atoms with Crippen molar-refractivity contribution in [3.63, 3.8) is 0 Å². The molecule has 1 aliphatic carbocycles. The van der Waals surface area contributed by atoms with Crippen LogP contribution in [0.25, 0.3) is 0 Å². The van der Waals surface area contributed by atoms with Crippen molar-refractivity contribution in [1.29, 1.82) is 0 Å². The van der Waals surface area contributed by atoms with Crippen LogP contribution >= 0.6 is 0 Å². The molecule has 7 heteroatoms. The third-order valence-electron chi connectivity index (χ3n) is 6.25. The van der Waals surface area contributed by atoms with Gasteiger partial charge in [0.25, 0.3) is 11.8 Å². The van der Waals surface area contributed by atoms with Gasteiger partial charge in [-0.3, -0.25) is 24.5 Å². The molecule has 2 fully saturated rings. The monoisotopic (exact) mass is 383 g/mol. The fraction of sp³-hybridized carbons (Fsp3) is 0.524. The van der Waals surface area contributed by atoms with E-state index in [2.05, 4.69) is 17.6 Å². The molecule has 148 valence electrons. The Morgan fingerprint density at radius 3 is 2.64 bits per heavy atom. The van der Waals surface area contributed by atoms with Gasteiger partial charge in [0, 0.05) is 30.1 Å². The smallest absolute Gasteiger partial charge is 0.255 e. The summed E-state index contributed by atoms with van der Waals surface area (Å²) in [6, 6.07) is 4.57. The maximum absolute atomic E-state index is 12.7. The summed E-state index contributed by atoms with van der Waals surface area (Å²) in [4.78, 5) is 50.3. The van der Waals surface area contributed by atoms with Gasteiger partial charge in [0.2, 0.25) is 11.8 Å². The Balaban J connectivity index is 1.46. The standard InChI is InChI=1S/C21H25N3O4/c1-12(13-4-2-3-5-13)22-19(26)14-6-7-16-15(10-14)11-24(21(16)28)17-8-9-18(25)23-20(17)27/h6-7,10,12-13,17H,2-5,8-9,11H2,1H3,(H,22,26)(H,23,25,27)/t12-,17?/m0/s1. The van der Waals surface area contributed by atoms with Crippen LogP contribution in [-0.4, -0.2) is 40.6 Å². The number of hydrogen-bond donors (Lipinski definition) is 2. The third-order valence-corrected chi connectivity index (χ3v) is 6.25. The van der Waals surface area contributed by atoms with E-state index in [1.165, 1.54) is 17.7 Å². The highest BCUT2D eigenvalue weighted by Crippen LogP contribution is 2.29. The molecule has 1 unspecified atom stereocenters. The van der Waals surface area contributed by atoms with E-state index in [1.54, 1.807) is 18.2 Å². The fourth-order valence-corrected chi connectivity index (χ4v) is 4.58. The highest BCUT2D eigenvalue weighted by molar-refractivity contribution is 6.06. The van der Waals surface area contributed by atoms with E-state index in [0.29, 0.717) is 23.5 Å². The molecule has 2 atom stereocenters. The van der Waals surface area contributed by atoms with Crippen LogP contribution in [0.5, 0.6) is 0 Å². The normalized spacial score (nSPS) is 23.5. The van der Waals surface area contributed by atoms with E-state index in [9.17, 15) is 19.2 Å². The second-order valence-electron chi connectivity index (χ2n) is 8.08. The molecule has 1 saturated carbocycles. The van der Waals surface area contributed by atoms with Gasteiger partial charge in [-0.1, -0.05) is 12.8 Å². The highest BCUT2D eigenvalue weighted by Gasteiger charge is 2.39. The van der Waals surface area contributed by atoms with E-state index in [0.717, 1.165) is 18.4 Å². The Morgan fingerprint density at radius 2 is 1.93 bits per heavy atom. The minimum atomic E-state index is -0.641. The summed E-state index contributed by atoms with van der Waals surface area (Å²) in [5, 5.41) is 5.38. The van der Waals surface area contributed by atoms with Crippen LogP contribution in [0, 0.1) is 5.92 Å². The molecule has 0 bridgehead atoms. The van der Waals surface area contributed by atoms with Crippen molar-refractivity contribution in [3.8, 4) is 0 Å². The summed E-state index contributed by atoms with van der Waals surface area (Å²) in [6.07, 6.45) is 5.31. The predicted molar refractivity (Wildman–Crippen MR) is 101 cm³/mol. The van der Waals surface area contributed by atoms with Crippen LogP contribution < -0.4 is 10.6 Å². The van der Waals surface area contributed by atoms with E-state index >= 15 is 0 Å². The number of carbonyl (C=O) groups is 4. The molecule has 4 rings (SSSR count). The quantitative estimate of drug-likeness (QED) is 0.775. The predicted octanol–water partition coefficient (Wildman–Crippen LogP) is 1.76. The minimum absolute atomic E-state index is 0.129. The van der Waals surface area contributed by atoms with E-state index in [1.807, 2.05) is 0 Å². The Kier molecular flexibility index (Phi) is 4.91. The average Bonchev–Trinajstić information content (AvgIpc) is 3.30. The van der Waals surface area contributed by atoms with Crippen LogP contribution in [0.1, 0.15) is 71.7 Å². The van der Waals surface area contributed by atoms with Gasteiger partial charge in [-0.2, -0.15) is 0 Å². The summed E-state index contributed by atoms with van der Waals surface area (Å²) in [7, 11) is 0. The lowest BCUT2D eigenvalue weighted by molar-refractivity contribution is -0.136.